The number of nitrogens with one attached hydrogen (secondary N) is 1. The number of benzene rings is 1. The van der Waals surface area contributed by atoms with Crippen LogP contribution in [0.5, 0.6) is 5.75 Å². The Morgan fingerprint density at radius 3 is 3.00 bits per heavy atom. The van der Waals surface area contributed by atoms with Crippen molar-refractivity contribution in [3.63, 3.8) is 0 Å². The Kier molecular flexibility index (Phi) is 3.57. The summed E-state index contributed by atoms with van der Waals surface area (Å²) in [6.07, 6.45) is 1.36. The number of rotatable bonds is 4. The Labute approximate surface area is 124 Å². The van der Waals surface area contributed by atoms with Crippen molar-refractivity contribution in [1.29, 1.82) is 0 Å². The van der Waals surface area contributed by atoms with Gasteiger partial charge in [-0.15, -0.1) is 0 Å². The van der Waals surface area contributed by atoms with Gasteiger partial charge in [-0.2, -0.15) is 19.6 Å². The van der Waals surface area contributed by atoms with Crippen molar-refractivity contribution < 1.29 is 9.13 Å². The molecule has 2 aromatic heterocycles. The molecule has 0 aliphatic heterocycles. The highest BCUT2D eigenvalue weighted by molar-refractivity contribution is 6.29. The molecule has 21 heavy (non-hydrogen) atoms. The molecule has 6 nitrogen and oxygen atoms in total. The quantitative estimate of drug-likeness (QED) is 0.750. The molecular formula is C13H11ClFN5O. The van der Waals surface area contributed by atoms with E-state index in [0.29, 0.717) is 23.9 Å². The lowest BCUT2D eigenvalue weighted by Crippen LogP contribution is -2.02. The maximum atomic E-state index is 13.8. The second kappa shape index (κ2) is 5.53. The van der Waals surface area contributed by atoms with E-state index in [1.165, 1.54) is 16.9 Å². The minimum absolute atomic E-state index is 0.210. The van der Waals surface area contributed by atoms with Crippen molar-refractivity contribution in [3.05, 3.63) is 41.6 Å². The summed E-state index contributed by atoms with van der Waals surface area (Å²) in [5, 5.41) is 7.32. The molecule has 3 aromatic rings. The number of hydrogen-bond acceptors (Lipinski definition) is 5. The molecule has 0 bridgehead atoms. The summed E-state index contributed by atoms with van der Waals surface area (Å²) in [4.78, 5) is 7.97. The fourth-order valence-electron chi connectivity index (χ4n) is 1.87. The maximum absolute atomic E-state index is 13.8. The highest BCUT2D eigenvalue weighted by Gasteiger charge is 2.09. The summed E-state index contributed by atoms with van der Waals surface area (Å²) < 4.78 is 20.5. The van der Waals surface area contributed by atoms with E-state index in [-0.39, 0.29) is 10.9 Å². The summed E-state index contributed by atoms with van der Waals surface area (Å²) in [6, 6.07) is 6.17. The number of halogens is 2. The minimum Gasteiger partial charge on any atom is -0.491 e. The Bertz CT molecular complexity index is 791. The molecule has 0 amide bonds. The van der Waals surface area contributed by atoms with Gasteiger partial charge in [-0.3, -0.25) is 0 Å². The van der Waals surface area contributed by atoms with Crippen LogP contribution in [0.2, 0.25) is 5.15 Å². The Morgan fingerprint density at radius 1 is 1.38 bits per heavy atom. The first-order valence-corrected chi connectivity index (χ1v) is 6.61. The van der Waals surface area contributed by atoms with Crippen LogP contribution in [0.15, 0.2) is 30.6 Å². The first kappa shape index (κ1) is 13.6. The molecule has 0 saturated carbocycles. The van der Waals surface area contributed by atoms with E-state index in [9.17, 15) is 4.39 Å². The van der Waals surface area contributed by atoms with Crippen molar-refractivity contribution in [1.82, 2.24) is 19.6 Å². The number of fused-ring (bicyclic) bond motifs is 1. The maximum Gasteiger partial charge on any atom is 0.255 e. The third kappa shape index (κ3) is 2.73. The molecule has 0 unspecified atom stereocenters. The summed E-state index contributed by atoms with van der Waals surface area (Å²) in [5.74, 6) is 0.654. The van der Waals surface area contributed by atoms with Gasteiger partial charge in [0.25, 0.3) is 5.78 Å². The zero-order chi connectivity index (χ0) is 14.8. The molecule has 0 aliphatic carbocycles. The largest absolute Gasteiger partial charge is 0.491 e. The van der Waals surface area contributed by atoms with E-state index in [1.54, 1.807) is 25.1 Å². The van der Waals surface area contributed by atoms with Crippen LogP contribution in [0.3, 0.4) is 0 Å². The molecule has 0 atom stereocenters. The number of anilines is 2. The van der Waals surface area contributed by atoms with Crippen LogP contribution < -0.4 is 10.1 Å². The first-order chi connectivity index (χ1) is 10.2. The topological polar surface area (TPSA) is 64.3 Å². The van der Waals surface area contributed by atoms with Gasteiger partial charge in [0.2, 0.25) is 0 Å². The first-order valence-electron chi connectivity index (χ1n) is 6.23. The van der Waals surface area contributed by atoms with Gasteiger partial charge >= 0.3 is 0 Å². The Morgan fingerprint density at radius 2 is 2.24 bits per heavy atom. The summed E-state index contributed by atoms with van der Waals surface area (Å²) in [5.41, 5.74) is 0.537. The Balaban J connectivity index is 1.95. The van der Waals surface area contributed by atoms with Crippen LogP contribution in [0.1, 0.15) is 6.92 Å². The van der Waals surface area contributed by atoms with Crippen LogP contribution >= 0.6 is 11.6 Å². The molecule has 0 radical (unpaired) electrons. The number of hydrogen-bond donors (Lipinski definition) is 1. The monoisotopic (exact) mass is 307 g/mol. The van der Waals surface area contributed by atoms with Crippen LogP contribution in [-0.2, 0) is 0 Å². The number of nitrogens with zero attached hydrogens (tertiary/aromatic N) is 4. The molecule has 0 fully saturated rings. The third-order valence-electron chi connectivity index (χ3n) is 2.72. The normalized spacial score (nSPS) is 10.8. The van der Waals surface area contributed by atoms with Gasteiger partial charge in [-0.1, -0.05) is 11.6 Å². The molecule has 0 saturated heterocycles. The van der Waals surface area contributed by atoms with Crippen LogP contribution in [0.25, 0.3) is 5.78 Å². The third-order valence-corrected chi connectivity index (χ3v) is 2.92. The average molecular weight is 308 g/mol. The zero-order valence-electron chi connectivity index (χ0n) is 11.0. The van der Waals surface area contributed by atoms with E-state index >= 15 is 0 Å². The van der Waals surface area contributed by atoms with E-state index < -0.39 is 5.82 Å². The molecule has 8 heteroatoms. The molecule has 0 aliphatic rings. The van der Waals surface area contributed by atoms with E-state index in [0.717, 1.165) is 0 Å². The fourth-order valence-corrected chi connectivity index (χ4v) is 2.05. The van der Waals surface area contributed by atoms with Crippen LogP contribution in [0.4, 0.5) is 15.9 Å². The molecule has 1 N–H and O–H groups in total. The molecule has 0 spiro atoms. The van der Waals surface area contributed by atoms with Gasteiger partial charge in [0.05, 0.1) is 6.61 Å². The van der Waals surface area contributed by atoms with Crippen LogP contribution in [0, 0.1) is 5.82 Å². The molecule has 2 heterocycles. The summed E-state index contributed by atoms with van der Waals surface area (Å²) in [6.45, 7) is 2.20. The van der Waals surface area contributed by atoms with E-state index in [1.807, 2.05) is 0 Å². The molecule has 108 valence electrons. The minimum atomic E-state index is -0.447. The van der Waals surface area contributed by atoms with Crippen LogP contribution in [-0.4, -0.2) is 26.2 Å². The van der Waals surface area contributed by atoms with Crippen molar-refractivity contribution in [2.45, 2.75) is 6.92 Å². The summed E-state index contributed by atoms with van der Waals surface area (Å²) in [7, 11) is 0. The van der Waals surface area contributed by atoms with Crippen molar-refractivity contribution >= 4 is 28.9 Å². The highest BCUT2D eigenvalue weighted by Crippen LogP contribution is 2.24. The van der Waals surface area contributed by atoms with Crippen molar-refractivity contribution in [2.24, 2.45) is 0 Å². The van der Waals surface area contributed by atoms with Gasteiger partial charge in [-0.25, -0.2) is 4.39 Å². The van der Waals surface area contributed by atoms with Gasteiger partial charge in [0.1, 0.15) is 17.3 Å². The lowest BCUT2D eigenvalue weighted by Gasteiger charge is -2.10. The lowest BCUT2D eigenvalue weighted by atomic mass is 10.3. The summed E-state index contributed by atoms with van der Waals surface area (Å²) >= 11 is 5.92. The fraction of sp³-hybridized carbons (Fsp3) is 0.154. The standard InChI is InChI=1S/C13H11ClFN5O/c1-2-21-10-4-3-8(5-9(10)15)18-12-6-11(14)19-13-16-7-17-20(12)13/h3-7,18H,2H2,1H3. The predicted octanol–water partition coefficient (Wildman–Crippen LogP) is 3.06. The van der Waals surface area contributed by atoms with E-state index in [4.69, 9.17) is 16.3 Å². The van der Waals surface area contributed by atoms with Gasteiger partial charge in [-0.05, 0) is 19.1 Å². The van der Waals surface area contributed by atoms with Crippen molar-refractivity contribution in [2.75, 3.05) is 11.9 Å². The smallest absolute Gasteiger partial charge is 0.255 e. The second-order valence-corrected chi connectivity index (χ2v) is 4.53. The highest BCUT2D eigenvalue weighted by atomic mass is 35.5. The SMILES string of the molecule is CCOc1ccc(Nc2cc(Cl)nc3ncnn23)cc1F. The molecule has 3 rings (SSSR count). The molecule has 1 aromatic carbocycles. The van der Waals surface area contributed by atoms with E-state index in [2.05, 4.69) is 20.4 Å². The van der Waals surface area contributed by atoms with Crippen molar-refractivity contribution in [3.8, 4) is 5.75 Å². The van der Waals surface area contributed by atoms with Gasteiger partial charge < -0.3 is 10.1 Å². The predicted molar refractivity (Wildman–Crippen MR) is 76.6 cm³/mol. The second-order valence-electron chi connectivity index (χ2n) is 4.14. The lowest BCUT2D eigenvalue weighted by molar-refractivity contribution is 0.321. The number of ether oxygens (including phenoxy) is 1. The molecular weight excluding hydrogens is 297 g/mol. The average Bonchev–Trinajstić information content (AvgIpc) is 2.90. The Hall–Kier alpha value is -2.41. The van der Waals surface area contributed by atoms with Gasteiger partial charge in [0.15, 0.2) is 11.6 Å². The zero-order valence-corrected chi connectivity index (χ0v) is 11.8. The van der Waals surface area contributed by atoms with Gasteiger partial charge in [0, 0.05) is 17.8 Å². The number of aromatic nitrogens is 4.